The molecule has 0 aliphatic carbocycles. The number of hydrazone groups is 1. The third-order valence-corrected chi connectivity index (χ3v) is 6.13. The Kier molecular flexibility index (Phi) is 8.12. The Labute approximate surface area is 211 Å². The number of nitrogens with zero attached hydrogens (tertiary/aromatic N) is 4. The number of nitrogens with one attached hydrogen (secondary N) is 2. The number of para-hydroxylation sites is 1. The fourth-order valence-corrected chi connectivity index (χ4v) is 4.25. The monoisotopic (exact) mass is 508 g/mol. The summed E-state index contributed by atoms with van der Waals surface area (Å²) in [5.74, 6) is -0.0120. The number of rotatable bonds is 9. The van der Waals surface area contributed by atoms with E-state index in [0.29, 0.717) is 22.5 Å². The van der Waals surface area contributed by atoms with Crippen LogP contribution in [0, 0.1) is 12.7 Å². The maximum absolute atomic E-state index is 13.7. The number of hydrogen-bond acceptors (Lipinski definition) is 6. The van der Waals surface area contributed by atoms with E-state index in [0.717, 1.165) is 16.9 Å². The van der Waals surface area contributed by atoms with Gasteiger partial charge in [-0.1, -0.05) is 59.8 Å². The molecular formula is C25H22ClFN6OS. The molecular weight excluding hydrogens is 487 g/mol. The summed E-state index contributed by atoms with van der Waals surface area (Å²) in [7, 11) is 0. The summed E-state index contributed by atoms with van der Waals surface area (Å²) in [6.07, 6.45) is 1.27. The number of halogens is 2. The summed E-state index contributed by atoms with van der Waals surface area (Å²) in [6.45, 7) is 2.40. The van der Waals surface area contributed by atoms with Crippen LogP contribution < -0.4 is 10.7 Å². The lowest BCUT2D eigenvalue weighted by Gasteiger charge is -2.12. The molecule has 10 heteroatoms. The Bertz CT molecular complexity index is 1350. The number of aromatic nitrogens is 3. The first-order valence-electron chi connectivity index (χ1n) is 10.7. The molecule has 35 heavy (non-hydrogen) atoms. The maximum atomic E-state index is 13.7. The molecule has 4 rings (SSSR count). The first kappa shape index (κ1) is 24.4. The van der Waals surface area contributed by atoms with Gasteiger partial charge in [0.05, 0.1) is 18.5 Å². The van der Waals surface area contributed by atoms with E-state index in [9.17, 15) is 9.18 Å². The van der Waals surface area contributed by atoms with Gasteiger partial charge in [-0.3, -0.25) is 9.36 Å². The summed E-state index contributed by atoms with van der Waals surface area (Å²) >= 11 is 7.29. The number of hydrogen-bond donors (Lipinski definition) is 2. The van der Waals surface area contributed by atoms with Crippen molar-refractivity contribution in [2.45, 2.75) is 18.6 Å². The predicted molar refractivity (Wildman–Crippen MR) is 138 cm³/mol. The average Bonchev–Trinajstić information content (AvgIpc) is 3.27. The smallest absolute Gasteiger partial charge is 0.250 e. The van der Waals surface area contributed by atoms with Crippen molar-refractivity contribution >= 4 is 41.2 Å². The average molecular weight is 509 g/mol. The highest BCUT2D eigenvalue weighted by molar-refractivity contribution is 7.99. The summed E-state index contributed by atoms with van der Waals surface area (Å²) in [6, 6.07) is 21.5. The third kappa shape index (κ3) is 6.46. The standard InChI is InChI=1S/C25H22ClFN6OS/c1-17-13-19(26)11-12-22(17)28-15-23-30-32-25(33(23)20-8-3-2-4-9-20)35-16-24(34)31-29-14-18-7-5-6-10-21(18)27/h2-14,28H,15-16H2,1H3,(H,31,34). The van der Waals surface area contributed by atoms with Gasteiger partial charge in [0.1, 0.15) is 5.82 Å². The van der Waals surface area contributed by atoms with Gasteiger partial charge < -0.3 is 5.32 Å². The van der Waals surface area contributed by atoms with Gasteiger partial charge in [0.15, 0.2) is 11.0 Å². The van der Waals surface area contributed by atoms with Gasteiger partial charge in [-0.05, 0) is 48.9 Å². The van der Waals surface area contributed by atoms with Gasteiger partial charge >= 0.3 is 0 Å². The van der Waals surface area contributed by atoms with Crippen LogP contribution in [0.4, 0.5) is 10.1 Å². The molecule has 178 valence electrons. The predicted octanol–water partition coefficient (Wildman–Crippen LogP) is 5.22. The Morgan fingerprint density at radius 2 is 1.89 bits per heavy atom. The quantitative estimate of drug-likeness (QED) is 0.184. The van der Waals surface area contributed by atoms with Gasteiger partial charge in [-0.2, -0.15) is 5.10 Å². The van der Waals surface area contributed by atoms with Crippen molar-refractivity contribution in [1.82, 2.24) is 20.2 Å². The number of thioether (sulfide) groups is 1. The Morgan fingerprint density at radius 1 is 1.11 bits per heavy atom. The van der Waals surface area contributed by atoms with Crippen LogP contribution in [0.5, 0.6) is 0 Å². The van der Waals surface area contributed by atoms with E-state index in [2.05, 4.69) is 26.0 Å². The van der Waals surface area contributed by atoms with Crippen LogP contribution in [-0.4, -0.2) is 32.6 Å². The van der Waals surface area contributed by atoms with E-state index in [4.69, 9.17) is 11.6 Å². The fourth-order valence-electron chi connectivity index (χ4n) is 3.26. The highest BCUT2D eigenvalue weighted by atomic mass is 35.5. The second-order valence-electron chi connectivity index (χ2n) is 7.49. The summed E-state index contributed by atoms with van der Waals surface area (Å²) < 4.78 is 15.6. The molecule has 0 bridgehead atoms. The van der Waals surface area contributed by atoms with Crippen molar-refractivity contribution in [3.63, 3.8) is 0 Å². The molecule has 7 nitrogen and oxygen atoms in total. The minimum absolute atomic E-state index is 0.0588. The molecule has 1 amide bonds. The Hall–Kier alpha value is -3.69. The van der Waals surface area contributed by atoms with Crippen LogP contribution in [0.25, 0.3) is 5.69 Å². The Balaban J connectivity index is 1.45. The Morgan fingerprint density at radius 3 is 2.66 bits per heavy atom. The normalized spacial score (nSPS) is 11.1. The molecule has 0 fully saturated rings. The zero-order valence-electron chi connectivity index (χ0n) is 18.8. The molecule has 3 aromatic carbocycles. The number of carbonyl (C=O) groups is 1. The fraction of sp³-hybridized carbons (Fsp3) is 0.120. The second-order valence-corrected chi connectivity index (χ2v) is 8.86. The SMILES string of the molecule is Cc1cc(Cl)ccc1NCc1nnc(SCC(=O)NN=Cc2ccccc2F)n1-c1ccccc1. The highest BCUT2D eigenvalue weighted by Crippen LogP contribution is 2.24. The molecule has 2 N–H and O–H groups in total. The number of amides is 1. The lowest BCUT2D eigenvalue weighted by molar-refractivity contribution is -0.118. The molecule has 0 aliphatic heterocycles. The number of anilines is 1. The van der Waals surface area contributed by atoms with Crippen molar-refractivity contribution in [2.24, 2.45) is 5.10 Å². The van der Waals surface area contributed by atoms with Crippen LogP contribution in [-0.2, 0) is 11.3 Å². The van der Waals surface area contributed by atoms with E-state index in [1.54, 1.807) is 18.2 Å². The minimum atomic E-state index is -0.411. The lowest BCUT2D eigenvalue weighted by Crippen LogP contribution is -2.20. The molecule has 4 aromatic rings. The van der Waals surface area contributed by atoms with Crippen molar-refractivity contribution in [3.8, 4) is 5.69 Å². The largest absolute Gasteiger partial charge is 0.378 e. The molecule has 1 heterocycles. The highest BCUT2D eigenvalue weighted by Gasteiger charge is 2.16. The maximum Gasteiger partial charge on any atom is 0.250 e. The van der Waals surface area contributed by atoms with E-state index in [-0.39, 0.29) is 17.2 Å². The van der Waals surface area contributed by atoms with Crippen molar-refractivity contribution < 1.29 is 9.18 Å². The first-order chi connectivity index (χ1) is 17.0. The van der Waals surface area contributed by atoms with Gasteiger partial charge in [-0.15, -0.1) is 10.2 Å². The van der Waals surface area contributed by atoms with Gasteiger partial charge in [0.25, 0.3) is 5.91 Å². The van der Waals surface area contributed by atoms with Crippen molar-refractivity contribution in [3.05, 3.63) is 101 Å². The van der Waals surface area contributed by atoms with Crippen LogP contribution in [0.2, 0.25) is 5.02 Å². The van der Waals surface area contributed by atoms with Crippen molar-refractivity contribution in [2.75, 3.05) is 11.1 Å². The molecule has 0 saturated carbocycles. The second kappa shape index (κ2) is 11.6. The van der Waals surface area contributed by atoms with E-state index in [1.807, 2.05) is 60.0 Å². The lowest BCUT2D eigenvalue weighted by atomic mass is 10.2. The minimum Gasteiger partial charge on any atom is -0.378 e. The molecule has 0 aliphatic rings. The molecule has 1 aromatic heterocycles. The number of aryl methyl sites for hydroxylation is 1. The molecule has 0 spiro atoms. The molecule has 0 saturated heterocycles. The first-order valence-corrected chi connectivity index (χ1v) is 12.1. The zero-order valence-corrected chi connectivity index (χ0v) is 20.4. The van der Waals surface area contributed by atoms with Crippen LogP contribution in [0.1, 0.15) is 17.0 Å². The van der Waals surface area contributed by atoms with Crippen molar-refractivity contribution in [1.29, 1.82) is 0 Å². The molecule has 0 radical (unpaired) electrons. The van der Waals surface area contributed by atoms with Gasteiger partial charge in [0, 0.05) is 22.0 Å². The van der Waals surface area contributed by atoms with Crippen LogP contribution in [0.3, 0.4) is 0 Å². The van der Waals surface area contributed by atoms with Gasteiger partial charge in [0.2, 0.25) is 0 Å². The van der Waals surface area contributed by atoms with Crippen LogP contribution in [0.15, 0.2) is 83.1 Å². The van der Waals surface area contributed by atoms with E-state index < -0.39 is 5.82 Å². The summed E-state index contributed by atoms with van der Waals surface area (Å²) in [5, 5.41) is 17.1. The van der Waals surface area contributed by atoms with E-state index in [1.165, 1.54) is 24.0 Å². The zero-order chi connectivity index (χ0) is 24.6. The summed E-state index contributed by atoms with van der Waals surface area (Å²) in [5.41, 5.74) is 5.54. The van der Waals surface area contributed by atoms with Gasteiger partial charge in [-0.25, -0.2) is 9.82 Å². The third-order valence-electron chi connectivity index (χ3n) is 4.97. The number of carbonyl (C=O) groups excluding carboxylic acids is 1. The summed E-state index contributed by atoms with van der Waals surface area (Å²) in [4.78, 5) is 12.3. The van der Waals surface area contributed by atoms with E-state index >= 15 is 0 Å². The number of benzene rings is 3. The topological polar surface area (TPSA) is 84.2 Å². The molecule has 0 atom stereocenters. The van der Waals surface area contributed by atoms with Crippen LogP contribution >= 0.6 is 23.4 Å². The molecule has 0 unspecified atom stereocenters.